The molecule has 0 radical (unpaired) electrons. The summed E-state index contributed by atoms with van der Waals surface area (Å²) in [5.41, 5.74) is 4.42. The molecule has 0 spiro atoms. The summed E-state index contributed by atoms with van der Waals surface area (Å²) >= 11 is 0.128. The summed E-state index contributed by atoms with van der Waals surface area (Å²) in [6, 6.07) is 4.66. The third-order valence-corrected chi connectivity index (χ3v) is 6.70. The molecule has 1 aliphatic rings. The first-order valence-corrected chi connectivity index (χ1v) is 7.74. The van der Waals surface area contributed by atoms with E-state index in [2.05, 4.69) is 39.0 Å². The Labute approximate surface area is 103 Å². The van der Waals surface area contributed by atoms with E-state index in [1.165, 1.54) is 36.0 Å². The zero-order valence-electron chi connectivity index (χ0n) is 9.73. The molecule has 1 heteroatoms. The molecule has 1 aliphatic carbocycles. The highest BCUT2D eigenvalue weighted by Gasteiger charge is 2.25. The minimum absolute atomic E-state index is 0.128. The molecule has 0 aromatic heterocycles. The molecule has 0 amide bonds. The van der Waals surface area contributed by atoms with E-state index < -0.39 is 0 Å². The van der Waals surface area contributed by atoms with Gasteiger partial charge in [-0.05, 0) is 39.7 Å². The predicted molar refractivity (Wildman–Crippen MR) is 61.3 cm³/mol. The van der Waals surface area contributed by atoms with Gasteiger partial charge in [-0.3, -0.25) is 0 Å². The average molecular weight is 313 g/mol. The van der Waals surface area contributed by atoms with Gasteiger partial charge in [0.25, 0.3) is 0 Å². The lowest BCUT2D eigenvalue weighted by Crippen LogP contribution is -3.61. The molecule has 0 atom stereocenters. The normalized spacial score (nSPS) is 15.5. The number of halogens is 1. The van der Waals surface area contributed by atoms with E-state index in [1.54, 1.807) is 7.15 Å². The second kappa shape index (κ2) is 4.69. The highest BCUT2D eigenvalue weighted by molar-refractivity contribution is 5.27. The lowest BCUT2D eigenvalue weighted by Gasteiger charge is -2.00. The lowest BCUT2D eigenvalue weighted by molar-refractivity contribution is -0.579. The number of hydrogen-bond acceptors (Lipinski definition) is 0. The fourth-order valence-electron chi connectivity index (χ4n) is 2.15. The smallest absolute Gasteiger partial charge is 0.0518 e. The summed E-state index contributed by atoms with van der Waals surface area (Å²) in [5, 5.41) is 0. The molecule has 0 bridgehead atoms. The molecular formula is C14H18I+. The van der Waals surface area contributed by atoms with Gasteiger partial charge in [0.15, 0.2) is 7.15 Å². The molecule has 1 aromatic carbocycles. The van der Waals surface area contributed by atoms with Crippen molar-refractivity contribution in [2.75, 3.05) is 0 Å². The highest BCUT2D eigenvalue weighted by atomic mass is 127. The second-order valence-corrected chi connectivity index (χ2v) is 7.35. The summed E-state index contributed by atoms with van der Waals surface area (Å²) in [7, 11) is 0. The molecule has 80 valence electrons. The average Bonchev–Trinajstić information content (AvgIpc) is 2.63. The topological polar surface area (TPSA) is 0 Å². The lowest BCUT2D eigenvalue weighted by atomic mass is 10.1. The van der Waals surface area contributed by atoms with Gasteiger partial charge in [-0.15, -0.1) is 0 Å². The van der Waals surface area contributed by atoms with Gasteiger partial charge in [0.1, 0.15) is 0 Å². The van der Waals surface area contributed by atoms with E-state index in [-0.39, 0.29) is 21.2 Å². The van der Waals surface area contributed by atoms with Crippen LogP contribution in [0.2, 0.25) is 0 Å². The highest BCUT2D eigenvalue weighted by Crippen LogP contribution is 2.11. The van der Waals surface area contributed by atoms with Crippen LogP contribution in [0.5, 0.6) is 0 Å². The van der Waals surface area contributed by atoms with Crippen LogP contribution in [0.4, 0.5) is 0 Å². The number of allylic oxidation sites excluding steroid dienone is 2. The largest absolute Gasteiger partial charge is 0.353 e. The van der Waals surface area contributed by atoms with E-state index >= 15 is 0 Å². The van der Waals surface area contributed by atoms with Crippen LogP contribution in [0, 0.1) is 24.3 Å². The van der Waals surface area contributed by atoms with Gasteiger partial charge in [0.05, 0.1) is 0 Å². The van der Waals surface area contributed by atoms with Gasteiger partial charge < -0.3 is 0 Å². The first-order chi connectivity index (χ1) is 7.16. The Balaban J connectivity index is 2.27. The van der Waals surface area contributed by atoms with Crippen molar-refractivity contribution >= 4 is 0 Å². The van der Waals surface area contributed by atoms with E-state index in [0.29, 0.717) is 0 Å². The molecule has 0 unspecified atom stereocenters. The maximum Gasteiger partial charge on any atom is 0.353 e. The number of hydrogen-bond donors (Lipinski definition) is 0. The van der Waals surface area contributed by atoms with E-state index in [4.69, 9.17) is 0 Å². The van der Waals surface area contributed by atoms with Gasteiger partial charge in [-0.25, -0.2) is 0 Å². The van der Waals surface area contributed by atoms with Crippen LogP contribution >= 0.6 is 0 Å². The van der Waals surface area contributed by atoms with Gasteiger partial charge in [-0.1, -0.05) is 17.7 Å². The van der Waals surface area contributed by atoms with Crippen molar-refractivity contribution in [3.63, 3.8) is 0 Å². The van der Waals surface area contributed by atoms with Crippen molar-refractivity contribution < 1.29 is 21.2 Å². The predicted octanol–water partition coefficient (Wildman–Crippen LogP) is 0.938. The maximum absolute atomic E-state index is 2.48. The van der Waals surface area contributed by atoms with Crippen molar-refractivity contribution in [2.24, 2.45) is 0 Å². The first-order valence-electron chi connectivity index (χ1n) is 5.58. The van der Waals surface area contributed by atoms with Crippen LogP contribution in [0.1, 0.15) is 36.0 Å². The molecule has 0 N–H and O–H groups in total. The molecule has 0 aliphatic heterocycles. The van der Waals surface area contributed by atoms with Crippen molar-refractivity contribution in [1.82, 2.24) is 0 Å². The fourth-order valence-corrected chi connectivity index (χ4v) is 5.19. The molecule has 0 fully saturated rings. The zero-order valence-corrected chi connectivity index (χ0v) is 11.9. The maximum atomic E-state index is 2.48. The fraction of sp³-hybridized carbons (Fsp3) is 0.429. The zero-order chi connectivity index (χ0) is 10.8. The molecule has 0 saturated heterocycles. The Bertz CT molecular complexity index is 379. The van der Waals surface area contributed by atoms with Crippen molar-refractivity contribution in [3.05, 3.63) is 42.0 Å². The Hall–Kier alpha value is -0.310. The number of rotatable bonds is 2. The van der Waals surface area contributed by atoms with Crippen molar-refractivity contribution in [1.29, 1.82) is 0 Å². The van der Waals surface area contributed by atoms with Crippen LogP contribution in [0.15, 0.2) is 21.8 Å². The Kier molecular flexibility index (Phi) is 3.49. The quantitative estimate of drug-likeness (QED) is 0.713. The van der Waals surface area contributed by atoms with Crippen LogP contribution < -0.4 is 21.2 Å². The summed E-state index contributed by atoms with van der Waals surface area (Å²) in [6.45, 7) is 6.73. The monoisotopic (exact) mass is 313 g/mol. The van der Waals surface area contributed by atoms with Crippen molar-refractivity contribution in [2.45, 2.75) is 40.0 Å². The molecule has 1 aromatic rings. The van der Waals surface area contributed by atoms with Crippen LogP contribution in [-0.2, 0) is 0 Å². The molecule has 0 heterocycles. The first kappa shape index (κ1) is 11.2. The van der Waals surface area contributed by atoms with E-state index in [1.807, 2.05) is 0 Å². The molecule has 0 saturated carbocycles. The van der Waals surface area contributed by atoms with E-state index in [0.717, 1.165) is 0 Å². The van der Waals surface area contributed by atoms with Crippen LogP contribution in [0.25, 0.3) is 0 Å². The molecular weight excluding hydrogens is 295 g/mol. The standard InChI is InChI=1S/C14H18I/c1-10-8-11(2)14(12(3)9-10)15-13-6-4-5-7-13/h6,8-9H,4-5,7H2,1-3H3/q+1. The second-order valence-electron chi connectivity index (χ2n) is 4.35. The summed E-state index contributed by atoms with van der Waals surface area (Å²) in [6.07, 6.45) is 6.55. The molecule has 0 nitrogen and oxygen atoms in total. The third kappa shape index (κ3) is 2.63. The molecule has 15 heavy (non-hydrogen) atoms. The molecule has 2 rings (SSSR count). The SMILES string of the molecule is Cc1cc(C)c([I+]C2=CCCC2)c(C)c1. The van der Waals surface area contributed by atoms with Gasteiger partial charge in [0.2, 0.25) is 0 Å². The Morgan fingerprint density at radius 1 is 1.07 bits per heavy atom. The summed E-state index contributed by atoms with van der Waals surface area (Å²) < 4.78 is 3.41. The summed E-state index contributed by atoms with van der Waals surface area (Å²) in [4.78, 5) is 0. The number of aryl methyl sites for hydroxylation is 3. The van der Waals surface area contributed by atoms with Crippen LogP contribution in [-0.4, -0.2) is 0 Å². The Morgan fingerprint density at radius 3 is 2.27 bits per heavy atom. The minimum Gasteiger partial charge on any atom is -0.0518 e. The number of benzene rings is 1. The van der Waals surface area contributed by atoms with Gasteiger partial charge in [0, 0.05) is 17.5 Å². The van der Waals surface area contributed by atoms with Crippen molar-refractivity contribution in [3.8, 4) is 0 Å². The van der Waals surface area contributed by atoms with Gasteiger partial charge in [-0.2, -0.15) is 0 Å². The van der Waals surface area contributed by atoms with Crippen LogP contribution in [0.3, 0.4) is 0 Å². The Morgan fingerprint density at radius 2 is 1.73 bits per heavy atom. The minimum atomic E-state index is 0.128. The van der Waals surface area contributed by atoms with Gasteiger partial charge >= 0.3 is 21.2 Å². The third-order valence-electron chi connectivity index (χ3n) is 2.78. The summed E-state index contributed by atoms with van der Waals surface area (Å²) in [5.74, 6) is 0. The van der Waals surface area contributed by atoms with E-state index in [9.17, 15) is 0 Å².